The van der Waals surface area contributed by atoms with E-state index < -0.39 is 0 Å². The van der Waals surface area contributed by atoms with Gasteiger partial charge in [0.1, 0.15) is 0 Å². The Kier molecular flexibility index (Phi) is 6.14. The molecule has 4 heteroatoms. The Bertz CT molecular complexity index is 334. The van der Waals surface area contributed by atoms with E-state index in [0.717, 1.165) is 45.8 Å². The molecule has 1 aromatic heterocycles. The van der Waals surface area contributed by atoms with Crippen LogP contribution in [0.3, 0.4) is 0 Å². The Hall–Kier alpha value is -0.420. The lowest BCUT2D eigenvalue weighted by molar-refractivity contribution is -0.0383. The van der Waals surface area contributed by atoms with Crippen LogP contribution in [-0.4, -0.2) is 25.9 Å². The predicted molar refractivity (Wildman–Crippen MR) is 74.9 cm³/mol. The second-order valence-corrected chi connectivity index (χ2v) is 5.92. The summed E-state index contributed by atoms with van der Waals surface area (Å²) in [4.78, 5) is 2.73. The number of hydrogen-bond acceptors (Lipinski definition) is 4. The average molecular weight is 269 g/mol. The van der Waals surface area contributed by atoms with Gasteiger partial charge in [-0.2, -0.15) is 0 Å². The van der Waals surface area contributed by atoms with E-state index in [0.29, 0.717) is 6.10 Å². The molecule has 1 aliphatic heterocycles. The first-order valence-corrected chi connectivity index (χ1v) is 7.67. The maximum absolute atomic E-state index is 5.92. The Morgan fingerprint density at radius 3 is 2.89 bits per heavy atom. The summed E-state index contributed by atoms with van der Waals surface area (Å²) in [6, 6.07) is 4.39. The number of thiophene rings is 1. The molecule has 18 heavy (non-hydrogen) atoms. The van der Waals surface area contributed by atoms with Crippen LogP contribution in [0, 0.1) is 0 Å². The second kappa shape index (κ2) is 7.89. The topological polar surface area (TPSA) is 30.5 Å². The first-order valence-electron chi connectivity index (χ1n) is 6.86. The zero-order chi connectivity index (χ0) is 12.6. The zero-order valence-electron chi connectivity index (χ0n) is 11.1. The van der Waals surface area contributed by atoms with Crippen molar-refractivity contribution in [2.24, 2.45) is 0 Å². The van der Waals surface area contributed by atoms with Gasteiger partial charge in [-0.3, -0.25) is 0 Å². The van der Waals surface area contributed by atoms with Crippen molar-refractivity contribution in [2.45, 2.75) is 45.4 Å². The second-order valence-electron chi connectivity index (χ2n) is 4.67. The molecular formula is C14H23NO2S. The third kappa shape index (κ3) is 4.69. The van der Waals surface area contributed by atoms with Crippen molar-refractivity contribution in [3.8, 4) is 0 Å². The molecule has 1 aromatic rings. The molecule has 102 valence electrons. The van der Waals surface area contributed by atoms with Crippen LogP contribution in [0.1, 0.15) is 35.9 Å². The molecule has 0 saturated carbocycles. The highest BCUT2D eigenvalue weighted by Crippen LogP contribution is 2.19. The molecule has 1 saturated heterocycles. The van der Waals surface area contributed by atoms with E-state index in [4.69, 9.17) is 9.47 Å². The van der Waals surface area contributed by atoms with Gasteiger partial charge in [0, 0.05) is 29.5 Å². The van der Waals surface area contributed by atoms with Gasteiger partial charge < -0.3 is 14.8 Å². The molecule has 3 nitrogen and oxygen atoms in total. The van der Waals surface area contributed by atoms with Crippen molar-refractivity contribution in [2.75, 3.05) is 19.8 Å². The maximum atomic E-state index is 5.92. The monoisotopic (exact) mass is 269 g/mol. The van der Waals surface area contributed by atoms with Gasteiger partial charge in [0.05, 0.1) is 12.7 Å². The number of hydrogen-bond donors (Lipinski definition) is 1. The van der Waals surface area contributed by atoms with Gasteiger partial charge in [0.2, 0.25) is 0 Å². The summed E-state index contributed by atoms with van der Waals surface area (Å²) in [6.07, 6.45) is 3.65. The first kappa shape index (κ1) is 14.0. The van der Waals surface area contributed by atoms with E-state index in [1.54, 1.807) is 0 Å². The predicted octanol–water partition coefficient (Wildman–Crippen LogP) is 2.94. The van der Waals surface area contributed by atoms with Crippen molar-refractivity contribution in [3.63, 3.8) is 0 Å². The lowest BCUT2D eigenvalue weighted by Crippen LogP contribution is -2.23. The minimum absolute atomic E-state index is 0.391. The van der Waals surface area contributed by atoms with Crippen molar-refractivity contribution in [3.05, 3.63) is 21.9 Å². The quantitative estimate of drug-likeness (QED) is 0.772. The van der Waals surface area contributed by atoms with Crippen LogP contribution in [-0.2, 0) is 22.6 Å². The van der Waals surface area contributed by atoms with E-state index in [2.05, 4.69) is 24.4 Å². The molecule has 1 N–H and O–H groups in total. The Labute approximate surface area is 113 Å². The lowest BCUT2D eigenvalue weighted by Gasteiger charge is -2.21. The summed E-state index contributed by atoms with van der Waals surface area (Å²) < 4.78 is 11.2. The minimum atomic E-state index is 0.391. The van der Waals surface area contributed by atoms with Gasteiger partial charge in [0.25, 0.3) is 0 Å². The lowest BCUT2D eigenvalue weighted by atomic mass is 10.1. The fraction of sp³-hybridized carbons (Fsp3) is 0.714. The van der Waals surface area contributed by atoms with E-state index in [1.807, 2.05) is 11.3 Å². The fourth-order valence-corrected chi connectivity index (χ4v) is 2.94. The number of rotatable bonds is 7. The highest BCUT2D eigenvalue weighted by atomic mass is 32.1. The van der Waals surface area contributed by atoms with Gasteiger partial charge >= 0.3 is 0 Å². The van der Waals surface area contributed by atoms with Crippen LogP contribution in [0.2, 0.25) is 0 Å². The first-order chi connectivity index (χ1) is 8.88. The summed E-state index contributed by atoms with van der Waals surface area (Å²) in [5.74, 6) is 0. The fourth-order valence-electron chi connectivity index (χ4n) is 2.03. The standard InChI is InChI=1S/C14H23NO2S/c1-2-7-15-10-13-3-4-14(18-13)11-17-12-5-8-16-9-6-12/h3-4,12,15H,2,5-11H2,1H3. The van der Waals surface area contributed by atoms with Crippen molar-refractivity contribution >= 4 is 11.3 Å². The molecule has 2 heterocycles. The van der Waals surface area contributed by atoms with Crippen LogP contribution in [0.15, 0.2) is 12.1 Å². The van der Waals surface area contributed by atoms with Gasteiger partial charge in [0.15, 0.2) is 0 Å². The van der Waals surface area contributed by atoms with Crippen LogP contribution >= 0.6 is 11.3 Å². The molecule has 1 fully saturated rings. The molecule has 0 aromatic carbocycles. The van der Waals surface area contributed by atoms with Gasteiger partial charge in [-0.05, 0) is 37.9 Å². The molecular weight excluding hydrogens is 246 g/mol. The molecule has 0 radical (unpaired) electrons. The van der Waals surface area contributed by atoms with E-state index in [1.165, 1.54) is 16.2 Å². The van der Waals surface area contributed by atoms with Crippen LogP contribution < -0.4 is 5.32 Å². The van der Waals surface area contributed by atoms with Crippen molar-refractivity contribution in [1.82, 2.24) is 5.32 Å². The molecule has 0 unspecified atom stereocenters. The highest BCUT2D eigenvalue weighted by molar-refractivity contribution is 7.11. The van der Waals surface area contributed by atoms with Crippen LogP contribution in [0.4, 0.5) is 0 Å². The highest BCUT2D eigenvalue weighted by Gasteiger charge is 2.14. The van der Waals surface area contributed by atoms with E-state index >= 15 is 0 Å². The molecule has 0 bridgehead atoms. The van der Waals surface area contributed by atoms with Gasteiger partial charge in [-0.1, -0.05) is 6.92 Å². The molecule has 0 aliphatic carbocycles. The molecule has 0 spiro atoms. The summed E-state index contributed by atoms with van der Waals surface area (Å²) in [7, 11) is 0. The average Bonchev–Trinajstić information content (AvgIpc) is 2.86. The Morgan fingerprint density at radius 1 is 1.33 bits per heavy atom. The largest absolute Gasteiger partial charge is 0.381 e. The SMILES string of the molecule is CCCNCc1ccc(COC2CCOCC2)s1. The van der Waals surface area contributed by atoms with Crippen LogP contribution in [0.5, 0.6) is 0 Å². The maximum Gasteiger partial charge on any atom is 0.0813 e. The normalized spacial score (nSPS) is 17.2. The van der Waals surface area contributed by atoms with E-state index in [-0.39, 0.29) is 0 Å². The summed E-state index contributed by atoms with van der Waals surface area (Å²) in [5, 5.41) is 3.42. The van der Waals surface area contributed by atoms with E-state index in [9.17, 15) is 0 Å². The zero-order valence-corrected chi connectivity index (χ0v) is 11.9. The third-order valence-electron chi connectivity index (χ3n) is 3.07. The number of nitrogens with one attached hydrogen (secondary N) is 1. The number of ether oxygens (including phenoxy) is 2. The minimum Gasteiger partial charge on any atom is -0.381 e. The summed E-state index contributed by atoms with van der Waals surface area (Å²) in [6.45, 7) is 6.71. The Balaban J connectivity index is 1.69. The van der Waals surface area contributed by atoms with Crippen molar-refractivity contribution in [1.29, 1.82) is 0 Å². The molecule has 2 rings (SSSR count). The molecule has 0 atom stereocenters. The smallest absolute Gasteiger partial charge is 0.0813 e. The summed E-state index contributed by atoms with van der Waals surface area (Å²) in [5.41, 5.74) is 0. The van der Waals surface area contributed by atoms with Crippen molar-refractivity contribution < 1.29 is 9.47 Å². The van der Waals surface area contributed by atoms with Gasteiger partial charge in [-0.25, -0.2) is 0 Å². The third-order valence-corrected chi connectivity index (χ3v) is 4.13. The van der Waals surface area contributed by atoms with Crippen LogP contribution in [0.25, 0.3) is 0 Å². The molecule has 1 aliphatic rings. The molecule has 0 amide bonds. The summed E-state index contributed by atoms with van der Waals surface area (Å²) >= 11 is 1.85. The van der Waals surface area contributed by atoms with Gasteiger partial charge in [-0.15, -0.1) is 11.3 Å². The Morgan fingerprint density at radius 2 is 2.11 bits per heavy atom.